The first-order valence-electron chi connectivity index (χ1n) is 9.08. The van der Waals surface area contributed by atoms with Crippen LogP contribution in [0.5, 0.6) is 0 Å². The quantitative estimate of drug-likeness (QED) is 0.799. The van der Waals surface area contributed by atoms with Crippen LogP contribution in [0.1, 0.15) is 16.7 Å². The molecule has 27 heavy (non-hydrogen) atoms. The normalized spacial score (nSPS) is 21.3. The van der Waals surface area contributed by atoms with Crippen molar-refractivity contribution in [3.63, 3.8) is 0 Å². The molecule has 7 nitrogen and oxygen atoms in total. The first-order chi connectivity index (χ1) is 12.7. The zero-order valence-electron chi connectivity index (χ0n) is 16.3. The number of aliphatic hydroxyl groups excluding tert-OH is 1. The predicted octanol–water partition coefficient (Wildman–Crippen LogP) is 1.17. The minimum atomic E-state index is -3.34. The highest BCUT2D eigenvalue weighted by molar-refractivity contribution is 7.89. The van der Waals surface area contributed by atoms with Crippen molar-refractivity contribution >= 4 is 10.0 Å². The van der Waals surface area contributed by atoms with Crippen LogP contribution in [0, 0.1) is 19.8 Å². The molecule has 1 fully saturated rings. The number of sulfonamides is 1. The minimum absolute atomic E-state index is 0.0312. The molecule has 1 N–H and O–H groups in total. The molecule has 8 heteroatoms. The number of hydrogen-bond donors (Lipinski definition) is 1. The van der Waals surface area contributed by atoms with Crippen LogP contribution in [0.2, 0.25) is 0 Å². The van der Waals surface area contributed by atoms with E-state index in [2.05, 4.69) is 36.0 Å². The number of aromatic nitrogens is 2. The summed E-state index contributed by atoms with van der Waals surface area (Å²) in [6, 6.07) is 6.16. The van der Waals surface area contributed by atoms with Crippen LogP contribution in [0.15, 0.2) is 30.6 Å². The highest BCUT2D eigenvalue weighted by Crippen LogP contribution is 2.26. The molecule has 148 valence electrons. The lowest BCUT2D eigenvalue weighted by Crippen LogP contribution is -2.33. The van der Waals surface area contributed by atoms with Gasteiger partial charge in [0, 0.05) is 52.0 Å². The molecule has 1 aromatic heterocycles. The van der Waals surface area contributed by atoms with Gasteiger partial charge in [-0.25, -0.2) is 17.4 Å². The lowest BCUT2D eigenvalue weighted by Gasteiger charge is -2.20. The third-order valence-corrected chi connectivity index (χ3v) is 7.08. The Morgan fingerprint density at radius 3 is 2.63 bits per heavy atom. The van der Waals surface area contributed by atoms with Gasteiger partial charge in [0.25, 0.3) is 0 Å². The monoisotopic (exact) mass is 392 g/mol. The molecular formula is C19H28N4O3S. The molecule has 1 aliphatic heterocycles. The number of aliphatic hydroxyl groups is 1. The summed E-state index contributed by atoms with van der Waals surface area (Å²) in [7, 11) is -0.279. The standard InChI is InChI=1S/C19H28N4O3S/c1-14-8-15(2)19(23-7-5-6-20-23)16(9-14)10-22-11-17(18(24)12-22)13-27(25,26)21(3)4/h5-9,17-18,24H,10-13H2,1-4H3/t17-,18-/m0/s1. The number of β-amino-alcohol motifs (C(OH)–C–C–N with tert-alkyl or cyclic N) is 1. The van der Waals surface area contributed by atoms with Crippen molar-refractivity contribution in [2.24, 2.45) is 5.92 Å². The molecule has 0 unspecified atom stereocenters. The van der Waals surface area contributed by atoms with Crippen LogP contribution in [-0.4, -0.2) is 71.6 Å². The molecule has 0 aliphatic carbocycles. The highest BCUT2D eigenvalue weighted by atomic mass is 32.2. The van der Waals surface area contributed by atoms with E-state index in [0.717, 1.165) is 16.8 Å². The zero-order valence-corrected chi connectivity index (χ0v) is 17.1. The van der Waals surface area contributed by atoms with Gasteiger partial charge in [0.15, 0.2) is 0 Å². The second-order valence-corrected chi connectivity index (χ2v) is 9.85. The molecule has 1 aliphatic rings. The molecule has 0 radical (unpaired) electrons. The third kappa shape index (κ3) is 4.40. The smallest absolute Gasteiger partial charge is 0.214 e. The second kappa shape index (κ2) is 7.71. The van der Waals surface area contributed by atoms with Gasteiger partial charge in [-0.15, -0.1) is 0 Å². The van der Waals surface area contributed by atoms with Crippen molar-refractivity contribution in [2.75, 3.05) is 32.9 Å². The third-order valence-electron chi connectivity index (χ3n) is 5.11. The summed E-state index contributed by atoms with van der Waals surface area (Å²) < 4.78 is 27.5. The van der Waals surface area contributed by atoms with E-state index < -0.39 is 16.1 Å². The summed E-state index contributed by atoms with van der Waals surface area (Å²) in [5, 5.41) is 14.8. The SMILES string of the molecule is Cc1cc(C)c(-n2cccn2)c(CN2C[C@@H](CS(=O)(=O)N(C)C)[C@@H](O)C2)c1. The summed E-state index contributed by atoms with van der Waals surface area (Å²) in [6.07, 6.45) is 3.04. The van der Waals surface area contributed by atoms with E-state index >= 15 is 0 Å². The minimum Gasteiger partial charge on any atom is -0.391 e. The van der Waals surface area contributed by atoms with Gasteiger partial charge in [0.05, 0.1) is 17.5 Å². The zero-order chi connectivity index (χ0) is 19.8. The number of likely N-dealkylation sites (tertiary alicyclic amines) is 1. The van der Waals surface area contributed by atoms with E-state index in [4.69, 9.17) is 0 Å². The van der Waals surface area contributed by atoms with E-state index in [1.165, 1.54) is 24.0 Å². The largest absolute Gasteiger partial charge is 0.391 e. The van der Waals surface area contributed by atoms with Crippen LogP contribution in [0.25, 0.3) is 5.69 Å². The Hall–Kier alpha value is -1.74. The fourth-order valence-electron chi connectivity index (χ4n) is 3.79. The van der Waals surface area contributed by atoms with E-state index in [0.29, 0.717) is 19.6 Å². The topological polar surface area (TPSA) is 78.7 Å². The van der Waals surface area contributed by atoms with Crippen LogP contribution in [0.4, 0.5) is 0 Å². The van der Waals surface area contributed by atoms with E-state index in [9.17, 15) is 13.5 Å². The van der Waals surface area contributed by atoms with Gasteiger partial charge in [0.1, 0.15) is 0 Å². The van der Waals surface area contributed by atoms with Gasteiger partial charge in [-0.2, -0.15) is 5.10 Å². The van der Waals surface area contributed by atoms with Crippen molar-refractivity contribution < 1.29 is 13.5 Å². The van der Waals surface area contributed by atoms with Gasteiger partial charge in [-0.05, 0) is 31.0 Å². The summed E-state index contributed by atoms with van der Waals surface area (Å²) >= 11 is 0. The van der Waals surface area contributed by atoms with Gasteiger partial charge in [-0.1, -0.05) is 17.7 Å². The average molecular weight is 393 g/mol. The Morgan fingerprint density at radius 2 is 2.00 bits per heavy atom. The number of hydrogen-bond acceptors (Lipinski definition) is 5. The second-order valence-electron chi connectivity index (χ2n) is 7.62. The fraction of sp³-hybridized carbons (Fsp3) is 0.526. The lowest BCUT2D eigenvalue weighted by molar-refractivity contribution is 0.148. The van der Waals surface area contributed by atoms with E-state index in [1.807, 2.05) is 16.9 Å². The Bertz CT molecular complexity index is 894. The molecule has 2 heterocycles. The van der Waals surface area contributed by atoms with E-state index in [-0.39, 0.29) is 11.7 Å². The molecule has 0 saturated carbocycles. The van der Waals surface area contributed by atoms with Crippen LogP contribution in [-0.2, 0) is 16.6 Å². The van der Waals surface area contributed by atoms with Crippen LogP contribution in [0.3, 0.4) is 0 Å². The van der Waals surface area contributed by atoms with Gasteiger partial charge in [-0.3, -0.25) is 4.90 Å². The molecule has 1 aromatic carbocycles. The molecule has 0 amide bonds. The maximum Gasteiger partial charge on any atom is 0.214 e. The first-order valence-corrected chi connectivity index (χ1v) is 10.7. The Kier molecular flexibility index (Phi) is 5.71. The lowest BCUT2D eigenvalue weighted by atomic mass is 10.0. The van der Waals surface area contributed by atoms with Crippen LogP contribution >= 0.6 is 0 Å². The van der Waals surface area contributed by atoms with Gasteiger partial charge < -0.3 is 5.11 Å². The first kappa shape index (κ1) is 20.0. The van der Waals surface area contributed by atoms with Gasteiger partial charge >= 0.3 is 0 Å². The number of benzene rings is 1. The molecule has 0 bridgehead atoms. The molecule has 1 saturated heterocycles. The molecule has 2 atom stereocenters. The molecule has 0 spiro atoms. The van der Waals surface area contributed by atoms with Crippen molar-refractivity contribution in [3.8, 4) is 5.69 Å². The maximum absolute atomic E-state index is 12.2. The predicted molar refractivity (Wildman–Crippen MR) is 105 cm³/mol. The summed E-state index contributed by atoms with van der Waals surface area (Å²) in [4.78, 5) is 2.13. The number of rotatable bonds is 6. The van der Waals surface area contributed by atoms with Crippen molar-refractivity contribution in [3.05, 3.63) is 47.3 Å². The Morgan fingerprint density at radius 1 is 1.26 bits per heavy atom. The van der Waals surface area contributed by atoms with Crippen molar-refractivity contribution in [2.45, 2.75) is 26.5 Å². The Labute approximate surface area is 161 Å². The molecule has 2 aromatic rings. The summed E-state index contributed by atoms with van der Waals surface area (Å²) in [5.41, 5.74) is 4.48. The van der Waals surface area contributed by atoms with Crippen molar-refractivity contribution in [1.82, 2.24) is 19.0 Å². The molecular weight excluding hydrogens is 364 g/mol. The highest BCUT2D eigenvalue weighted by Gasteiger charge is 2.35. The average Bonchev–Trinajstić information content (AvgIpc) is 3.17. The van der Waals surface area contributed by atoms with Crippen LogP contribution < -0.4 is 0 Å². The molecule has 3 rings (SSSR count). The van der Waals surface area contributed by atoms with E-state index in [1.54, 1.807) is 6.20 Å². The number of nitrogens with zero attached hydrogens (tertiary/aromatic N) is 4. The number of aryl methyl sites for hydroxylation is 2. The Balaban J connectivity index is 1.81. The summed E-state index contributed by atoms with van der Waals surface area (Å²) in [5.74, 6) is -0.312. The fourth-order valence-corrected chi connectivity index (χ4v) is 4.96. The maximum atomic E-state index is 12.2. The van der Waals surface area contributed by atoms with Crippen molar-refractivity contribution in [1.29, 1.82) is 0 Å². The van der Waals surface area contributed by atoms with Gasteiger partial charge in [0.2, 0.25) is 10.0 Å². The summed E-state index contributed by atoms with van der Waals surface area (Å²) in [6.45, 7) is 5.81.